The van der Waals surface area contributed by atoms with Crippen molar-refractivity contribution in [2.45, 2.75) is 20.0 Å². The summed E-state index contributed by atoms with van der Waals surface area (Å²) in [6.07, 6.45) is 5.16. The Morgan fingerprint density at radius 2 is 1.83 bits per heavy atom. The van der Waals surface area contributed by atoms with E-state index < -0.39 is 0 Å². The van der Waals surface area contributed by atoms with Gasteiger partial charge in [0.25, 0.3) is 5.91 Å². The van der Waals surface area contributed by atoms with Gasteiger partial charge in [0, 0.05) is 18.0 Å². The summed E-state index contributed by atoms with van der Waals surface area (Å²) in [5.74, 6) is 0.553. The van der Waals surface area contributed by atoms with E-state index in [1.54, 1.807) is 43.0 Å². The second-order valence-corrected chi connectivity index (χ2v) is 6.62. The van der Waals surface area contributed by atoms with Crippen LogP contribution < -0.4 is 16.4 Å². The molecule has 0 radical (unpaired) electrons. The van der Waals surface area contributed by atoms with Crippen molar-refractivity contribution in [2.24, 2.45) is 9.98 Å². The topological polar surface area (TPSA) is 105 Å². The van der Waals surface area contributed by atoms with Gasteiger partial charge in [-0.25, -0.2) is 0 Å². The fraction of sp³-hybridized carbons (Fsp3) is 0.130. The maximum Gasteiger partial charge on any atom is 0.255 e. The molecule has 30 heavy (non-hydrogen) atoms. The average molecular weight is 400 g/mol. The normalized spacial score (nSPS) is 11.4. The minimum Gasteiger partial charge on any atom is -0.397 e. The monoisotopic (exact) mass is 400 g/mol. The summed E-state index contributed by atoms with van der Waals surface area (Å²) >= 11 is 0. The van der Waals surface area contributed by atoms with Crippen LogP contribution in [-0.2, 0) is 13.1 Å². The standard InChI is InChI=1S/C23H24N6O/c1-17(28-16-26-14-19-5-4-12-25-13-19)27-15-18-8-10-20(11-9-18)23(30)29-22-7-3-2-6-21(22)24/h2-13,16H,14-15,24H2,1H3,(H,29,30)(H,26,27,28). The Morgan fingerprint density at radius 1 is 1.03 bits per heavy atom. The van der Waals surface area contributed by atoms with Crippen molar-refractivity contribution < 1.29 is 4.79 Å². The molecule has 0 aliphatic carbocycles. The fourth-order valence-electron chi connectivity index (χ4n) is 2.60. The Labute approximate surface area is 175 Å². The lowest BCUT2D eigenvalue weighted by atomic mass is 10.1. The number of aromatic nitrogens is 1. The van der Waals surface area contributed by atoms with Gasteiger partial charge in [0.2, 0.25) is 0 Å². The molecule has 0 spiro atoms. The van der Waals surface area contributed by atoms with Gasteiger partial charge in [-0.2, -0.15) is 0 Å². The zero-order chi connectivity index (χ0) is 21.2. The molecule has 0 bridgehead atoms. The third-order valence-corrected chi connectivity index (χ3v) is 4.29. The van der Waals surface area contributed by atoms with Gasteiger partial charge in [-0.3, -0.25) is 19.8 Å². The second kappa shape index (κ2) is 10.5. The van der Waals surface area contributed by atoms with E-state index in [0.29, 0.717) is 30.0 Å². The molecule has 0 unspecified atom stereocenters. The lowest BCUT2D eigenvalue weighted by Crippen LogP contribution is -2.18. The van der Waals surface area contributed by atoms with Crippen molar-refractivity contribution >= 4 is 29.5 Å². The van der Waals surface area contributed by atoms with E-state index in [1.165, 1.54) is 0 Å². The number of pyridine rings is 1. The van der Waals surface area contributed by atoms with Crippen molar-refractivity contribution in [3.8, 4) is 0 Å². The first kappa shape index (κ1) is 20.7. The molecular formula is C23H24N6O. The number of benzene rings is 2. The van der Waals surface area contributed by atoms with Gasteiger partial charge < -0.3 is 16.4 Å². The van der Waals surface area contributed by atoms with Gasteiger partial charge in [-0.1, -0.05) is 30.3 Å². The molecular weight excluding hydrogens is 376 g/mol. The molecule has 4 N–H and O–H groups in total. The van der Waals surface area contributed by atoms with Gasteiger partial charge in [-0.15, -0.1) is 0 Å². The molecule has 2 aromatic carbocycles. The Bertz CT molecular complexity index is 1030. The number of carbonyl (C=O) groups excluding carboxylic acids is 1. The third-order valence-electron chi connectivity index (χ3n) is 4.29. The Morgan fingerprint density at radius 3 is 2.57 bits per heavy atom. The predicted octanol–water partition coefficient (Wildman–Crippen LogP) is 3.65. The van der Waals surface area contributed by atoms with Crippen LogP contribution in [0.2, 0.25) is 0 Å². The van der Waals surface area contributed by atoms with Crippen LogP contribution in [0.5, 0.6) is 0 Å². The maximum atomic E-state index is 12.4. The highest BCUT2D eigenvalue weighted by atomic mass is 16.1. The quantitative estimate of drug-likeness (QED) is 0.320. The minimum absolute atomic E-state index is 0.203. The summed E-state index contributed by atoms with van der Waals surface area (Å²) in [7, 11) is 0. The number of carbonyl (C=O) groups is 1. The van der Waals surface area contributed by atoms with Gasteiger partial charge in [-0.05, 0) is 48.4 Å². The number of para-hydroxylation sites is 2. The summed E-state index contributed by atoms with van der Waals surface area (Å²) in [5.41, 5.74) is 9.60. The third kappa shape index (κ3) is 6.27. The first-order chi connectivity index (χ1) is 14.6. The first-order valence-electron chi connectivity index (χ1n) is 9.51. The van der Waals surface area contributed by atoms with Crippen LogP contribution in [0.1, 0.15) is 28.4 Å². The van der Waals surface area contributed by atoms with Crippen molar-refractivity contribution in [3.63, 3.8) is 0 Å². The first-order valence-corrected chi connectivity index (χ1v) is 9.51. The highest BCUT2D eigenvalue weighted by molar-refractivity contribution is 6.05. The number of hydrogen-bond acceptors (Lipinski definition) is 5. The zero-order valence-corrected chi connectivity index (χ0v) is 16.7. The SMILES string of the molecule is CC(=NCc1ccc(C(=O)Nc2ccccc2N)cc1)NC=NCc1cccnc1. The van der Waals surface area contributed by atoms with Crippen molar-refractivity contribution in [1.82, 2.24) is 10.3 Å². The zero-order valence-electron chi connectivity index (χ0n) is 16.7. The molecule has 0 saturated carbocycles. The smallest absolute Gasteiger partial charge is 0.255 e. The maximum absolute atomic E-state index is 12.4. The van der Waals surface area contributed by atoms with E-state index in [1.807, 2.05) is 43.3 Å². The van der Waals surface area contributed by atoms with Crippen LogP contribution in [0.25, 0.3) is 0 Å². The largest absolute Gasteiger partial charge is 0.397 e. The number of nitrogens with one attached hydrogen (secondary N) is 2. The number of aliphatic imine (C=N–C) groups is 2. The molecule has 7 nitrogen and oxygen atoms in total. The summed E-state index contributed by atoms with van der Waals surface area (Å²) < 4.78 is 0. The second-order valence-electron chi connectivity index (χ2n) is 6.62. The average Bonchev–Trinajstić information content (AvgIpc) is 2.78. The molecule has 1 heterocycles. The molecule has 0 aliphatic rings. The fourth-order valence-corrected chi connectivity index (χ4v) is 2.60. The Balaban J connectivity index is 1.48. The van der Waals surface area contributed by atoms with Crippen molar-refractivity contribution in [3.05, 3.63) is 89.7 Å². The minimum atomic E-state index is -0.203. The predicted molar refractivity (Wildman–Crippen MR) is 122 cm³/mol. The van der Waals surface area contributed by atoms with E-state index in [9.17, 15) is 4.79 Å². The molecule has 0 fully saturated rings. The number of amidine groups is 1. The Hall–Kier alpha value is -4.00. The summed E-state index contributed by atoms with van der Waals surface area (Å²) in [6.45, 7) is 2.94. The summed E-state index contributed by atoms with van der Waals surface area (Å²) in [5, 5.41) is 5.86. The van der Waals surface area contributed by atoms with Crippen LogP contribution in [-0.4, -0.2) is 23.1 Å². The number of nitrogens with two attached hydrogens (primary N) is 1. The number of amides is 1. The van der Waals surface area contributed by atoms with E-state index >= 15 is 0 Å². The lowest BCUT2D eigenvalue weighted by Gasteiger charge is -2.08. The van der Waals surface area contributed by atoms with E-state index in [-0.39, 0.29) is 5.91 Å². The summed E-state index contributed by atoms with van der Waals surface area (Å²) in [4.78, 5) is 25.2. The van der Waals surface area contributed by atoms with Gasteiger partial charge in [0.05, 0.1) is 36.6 Å². The van der Waals surface area contributed by atoms with Crippen LogP contribution in [0.15, 0.2) is 83.0 Å². The molecule has 3 aromatic rings. The van der Waals surface area contributed by atoms with Crippen molar-refractivity contribution in [2.75, 3.05) is 11.1 Å². The number of hydrogen-bond donors (Lipinski definition) is 3. The molecule has 1 amide bonds. The molecule has 0 aliphatic heterocycles. The highest BCUT2D eigenvalue weighted by Crippen LogP contribution is 2.18. The van der Waals surface area contributed by atoms with Crippen LogP contribution in [0.4, 0.5) is 11.4 Å². The van der Waals surface area contributed by atoms with Crippen LogP contribution in [0, 0.1) is 0 Å². The molecule has 0 atom stereocenters. The molecule has 0 saturated heterocycles. The highest BCUT2D eigenvalue weighted by Gasteiger charge is 2.07. The lowest BCUT2D eigenvalue weighted by molar-refractivity contribution is 0.102. The van der Waals surface area contributed by atoms with Gasteiger partial charge in [0.1, 0.15) is 0 Å². The molecule has 7 heteroatoms. The molecule has 152 valence electrons. The van der Waals surface area contributed by atoms with E-state index in [4.69, 9.17) is 5.73 Å². The van der Waals surface area contributed by atoms with Gasteiger partial charge >= 0.3 is 0 Å². The Kier molecular flexibility index (Phi) is 7.27. The summed E-state index contributed by atoms with van der Waals surface area (Å²) in [6, 6.07) is 18.3. The van der Waals surface area contributed by atoms with Gasteiger partial charge in [0.15, 0.2) is 0 Å². The van der Waals surface area contributed by atoms with E-state index in [0.717, 1.165) is 17.0 Å². The van der Waals surface area contributed by atoms with Crippen molar-refractivity contribution in [1.29, 1.82) is 0 Å². The molecule has 1 aromatic heterocycles. The number of rotatable bonds is 7. The number of anilines is 2. The van der Waals surface area contributed by atoms with Crippen LogP contribution >= 0.6 is 0 Å². The molecule has 3 rings (SSSR count). The number of nitrogen functional groups attached to an aromatic ring is 1. The van der Waals surface area contributed by atoms with E-state index in [2.05, 4.69) is 25.6 Å². The van der Waals surface area contributed by atoms with Crippen LogP contribution in [0.3, 0.4) is 0 Å². The number of nitrogens with zero attached hydrogens (tertiary/aromatic N) is 3.